The van der Waals surface area contributed by atoms with Crippen molar-refractivity contribution in [1.82, 2.24) is 9.62 Å². The summed E-state index contributed by atoms with van der Waals surface area (Å²) in [6.45, 7) is 4.45. The van der Waals surface area contributed by atoms with Gasteiger partial charge in [0.25, 0.3) is 0 Å². The number of hydrogen-bond donors (Lipinski definition) is 1. The minimum atomic E-state index is -3.43. The van der Waals surface area contributed by atoms with Gasteiger partial charge in [-0.25, -0.2) is 8.42 Å². The third kappa shape index (κ3) is 4.84. The van der Waals surface area contributed by atoms with Crippen molar-refractivity contribution in [2.24, 2.45) is 5.92 Å². The molecular formula is C23H30N2O4S. The number of sulfonamides is 1. The molecule has 1 amide bonds. The van der Waals surface area contributed by atoms with E-state index in [-0.39, 0.29) is 12.5 Å². The molecule has 1 saturated heterocycles. The highest BCUT2D eigenvalue weighted by Gasteiger charge is 2.34. The molecule has 1 heterocycles. The highest BCUT2D eigenvalue weighted by molar-refractivity contribution is 7.89. The van der Waals surface area contributed by atoms with E-state index in [1.54, 1.807) is 14.0 Å². The molecule has 1 aliphatic heterocycles. The fraction of sp³-hybridized carbons (Fsp3) is 0.435. The summed E-state index contributed by atoms with van der Waals surface area (Å²) in [5.74, 6) is 0.248. The average Bonchev–Trinajstić information content (AvgIpc) is 2.95. The minimum absolute atomic E-state index is 0.0959. The Morgan fingerprint density at radius 1 is 1.17 bits per heavy atom. The maximum absolute atomic E-state index is 12.9. The van der Waals surface area contributed by atoms with Gasteiger partial charge < -0.3 is 10.1 Å². The fourth-order valence-electron chi connectivity index (χ4n) is 3.74. The summed E-state index contributed by atoms with van der Waals surface area (Å²) < 4.78 is 32.5. The molecule has 0 radical (unpaired) electrons. The maximum atomic E-state index is 12.9. The molecule has 0 spiro atoms. The molecular weight excluding hydrogens is 400 g/mol. The molecule has 7 heteroatoms. The van der Waals surface area contributed by atoms with Gasteiger partial charge >= 0.3 is 0 Å². The van der Waals surface area contributed by atoms with Crippen molar-refractivity contribution in [2.45, 2.75) is 31.9 Å². The van der Waals surface area contributed by atoms with Gasteiger partial charge in [-0.3, -0.25) is 4.79 Å². The molecule has 3 rings (SSSR count). The maximum Gasteiger partial charge on any atom is 0.224 e. The lowest BCUT2D eigenvalue weighted by Crippen LogP contribution is -2.41. The van der Waals surface area contributed by atoms with Crippen molar-refractivity contribution < 1.29 is 17.9 Å². The van der Waals surface area contributed by atoms with Crippen LogP contribution >= 0.6 is 0 Å². The SMILES string of the molecule is CC[C@H](C)S(=O)(=O)N1CCNC(=O)[C@H](Cc2ccccc2-c2ccc(OC)cc2)C1. The standard InChI is InChI=1S/C23H30N2O4S/c1-4-17(2)30(27,28)25-14-13-24-23(26)20(16-25)15-19-7-5-6-8-22(19)18-9-11-21(29-3)12-10-18/h5-12,17,20H,4,13-16H2,1-3H3,(H,24,26)/t17-,20+/m0/s1. The first kappa shape index (κ1) is 22.3. The van der Waals surface area contributed by atoms with Gasteiger partial charge in [-0.2, -0.15) is 4.31 Å². The van der Waals surface area contributed by atoms with Crippen LogP contribution in [0.5, 0.6) is 5.75 Å². The summed E-state index contributed by atoms with van der Waals surface area (Å²) in [6, 6.07) is 15.7. The zero-order valence-corrected chi connectivity index (χ0v) is 18.6. The third-order valence-electron chi connectivity index (χ3n) is 5.78. The summed E-state index contributed by atoms with van der Waals surface area (Å²) in [5.41, 5.74) is 3.09. The van der Waals surface area contributed by atoms with Crippen LogP contribution in [0.3, 0.4) is 0 Å². The number of benzene rings is 2. The van der Waals surface area contributed by atoms with Gasteiger partial charge in [0.1, 0.15) is 5.75 Å². The topological polar surface area (TPSA) is 75.7 Å². The Labute approximate surface area is 179 Å². The van der Waals surface area contributed by atoms with Crippen LogP contribution in [0.4, 0.5) is 0 Å². The summed E-state index contributed by atoms with van der Waals surface area (Å²) in [6.07, 6.45) is 1.02. The zero-order chi connectivity index (χ0) is 21.7. The molecule has 0 aromatic heterocycles. The van der Waals surface area contributed by atoms with Crippen LogP contribution < -0.4 is 10.1 Å². The van der Waals surface area contributed by atoms with E-state index in [4.69, 9.17) is 4.74 Å². The van der Waals surface area contributed by atoms with E-state index in [1.807, 2.05) is 55.5 Å². The quantitative estimate of drug-likeness (QED) is 0.732. The Bertz CT molecular complexity index is 973. The number of amides is 1. The molecule has 0 bridgehead atoms. The Hall–Kier alpha value is -2.38. The van der Waals surface area contributed by atoms with Crippen LogP contribution in [0, 0.1) is 5.92 Å². The lowest BCUT2D eigenvalue weighted by molar-refractivity contribution is -0.124. The van der Waals surface area contributed by atoms with E-state index < -0.39 is 21.2 Å². The molecule has 0 unspecified atom stereocenters. The second kappa shape index (κ2) is 9.62. The third-order valence-corrected chi connectivity index (χ3v) is 8.18. The lowest BCUT2D eigenvalue weighted by Gasteiger charge is -2.26. The molecule has 162 valence electrons. The zero-order valence-electron chi connectivity index (χ0n) is 17.8. The fourth-order valence-corrected chi connectivity index (χ4v) is 5.40. The minimum Gasteiger partial charge on any atom is -0.497 e. The first-order valence-electron chi connectivity index (χ1n) is 10.4. The van der Waals surface area contributed by atoms with Crippen LogP contribution in [0.2, 0.25) is 0 Å². The van der Waals surface area contributed by atoms with Crippen molar-refractivity contribution in [3.05, 3.63) is 54.1 Å². The normalized spacial score (nSPS) is 19.0. The van der Waals surface area contributed by atoms with Gasteiger partial charge in [0, 0.05) is 19.6 Å². The average molecular weight is 431 g/mol. The predicted molar refractivity (Wildman–Crippen MR) is 119 cm³/mol. The van der Waals surface area contributed by atoms with Crippen LogP contribution in [-0.4, -0.2) is 50.6 Å². The predicted octanol–water partition coefficient (Wildman–Crippen LogP) is 3.08. The smallest absolute Gasteiger partial charge is 0.224 e. The number of carbonyl (C=O) groups excluding carboxylic acids is 1. The van der Waals surface area contributed by atoms with E-state index in [0.717, 1.165) is 22.4 Å². The van der Waals surface area contributed by atoms with E-state index >= 15 is 0 Å². The second-order valence-electron chi connectivity index (χ2n) is 7.70. The Kier molecular flexibility index (Phi) is 7.15. The summed E-state index contributed by atoms with van der Waals surface area (Å²) in [7, 11) is -1.80. The number of methoxy groups -OCH3 is 1. The van der Waals surface area contributed by atoms with Crippen LogP contribution in [0.15, 0.2) is 48.5 Å². The van der Waals surface area contributed by atoms with Crippen molar-refractivity contribution in [3.63, 3.8) is 0 Å². The first-order valence-corrected chi connectivity index (χ1v) is 11.9. The van der Waals surface area contributed by atoms with E-state index in [1.165, 1.54) is 4.31 Å². The summed E-state index contributed by atoms with van der Waals surface area (Å²) in [5, 5.41) is 2.43. The number of nitrogens with one attached hydrogen (secondary N) is 1. The monoisotopic (exact) mass is 430 g/mol. The summed E-state index contributed by atoms with van der Waals surface area (Å²) in [4.78, 5) is 12.7. The molecule has 0 saturated carbocycles. The molecule has 1 aliphatic rings. The van der Waals surface area contributed by atoms with Crippen LogP contribution in [-0.2, 0) is 21.2 Å². The van der Waals surface area contributed by atoms with E-state index in [2.05, 4.69) is 5.32 Å². The number of rotatable bonds is 7. The van der Waals surface area contributed by atoms with Crippen molar-refractivity contribution in [2.75, 3.05) is 26.7 Å². The molecule has 1 N–H and O–H groups in total. The molecule has 0 aliphatic carbocycles. The molecule has 6 nitrogen and oxygen atoms in total. The number of hydrogen-bond acceptors (Lipinski definition) is 4. The summed E-state index contributed by atoms with van der Waals surface area (Å²) >= 11 is 0. The Morgan fingerprint density at radius 2 is 1.87 bits per heavy atom. The van der Waals surface area contributed by atoms with Crippen LogP contribution in [0.25, 0.3) is 11.1 Å². The van der Waals surface area contributed by atoms with Gasteiger partial charge in [0.2, 0.25) is 15.9 Å². The van der Waals surface area contributed by atoms with Gasteiger partial charge in [0.05, 0.1) is 18.3 Å². The Morgan fingerprint density at radius 3 is 2.53 bits per heavy atom. The van der Waals surface area contributed by atoms with Gasteiger partial charge in [-0.05, 0) is 48.6 Å². The molecule has 2 aromatic carbocycles. The van der Waals surface area contributed by atoms with Gasteiger partial charge in [-0.15, -0.1) is 0 Å². The molecule has 2 aromatic rings. The molecule has 30 heavy (non-hydrogen) atoms. The molecule has 1 fully saturated rings. The van der Waals surface area contributed by atoms with E-state index in [0.29, 0.717) is 25.9 Å². The number of nitrogens with zero attached hydrogens (tertiary/aromatic N) is 1. The van der Waals surface area contributed by atoms with E-state index in [9.17, 15) is 13.2 Å². The lowest BCUT2D eigenvalue weighted by atomic mass is 9.91. The van der Waals surface area contributed by atoms with Crippen molar-refractivity contribution in [3.8, 4) is 16.9 Å². The molecule has 2 atom stereocenters. The van der Waals surface area contributed by atoms with Crippen molar-refractivity contribution in [1.29, 1.82) is 0 Å². The number of ether oxygens (including phenoxy) is 1. The van der Waals surface area contributed by atoms with Gasteiger partial charge in [-0.1, -0.05) is 43.3 Å². The van der Waals surface area contributed by atoms with Crippen molar-refractivity contribution >= 4 is 15.9 Å². The van der Waals surface area contributed by atoms with Crippen LogP contribution in [0.1, 0.15) is 25.8 Å². The highest BCUT2D eigenvalue weighted by atomic mass is 32.2. The Balaban J connectivity index is 1.88. The van der Waals surface area contributed by atoms with Gasteiger partial charge in [0.15, 0.2) is 0 Å². The number of carbonyl (C=O) groups is 1. The highest BCUT2D eigenvalue weighted by Crippen LogP contribution is 2.28. The second-order valence-corrected chi connectivity index (χ2v) is 10.1. The largest absolute Gasteiger partial charge is 0.497 e. The first-order chi connectivity index (χ1) is 14.4.